The summed E-state index contributed by atoms with van der Waals surface area (Å²) in [5.41, 5.74) is 3.97. The summed E-state index contributed by atoms with van der Waals surface area (Å²) in [5, 5.41) is 0.975. The Labute approximate surface area is 141 Å². The Morgan fingerprint density at radius 2 is 2.00 bits per heavy atom. The molecule has 118 valence electrons. The first-order chi connectivity index (χ1) is 11.2. The number of fused-ring (bicyclic) bond motifs is 1. The lowest BCUT2D eigenvalue weighted by atomic mass is 9.88. The van der Waals surface area contributed by atoms with Crippen molar-refractivity contribution in [2.24, 2.45) is 5.41 Å². The van der Waals surface area contributed by atoms with Gasteiger partial charge in [0.05, 0.1) is 22.0 Å². The molecular weight excluding hydrogens is 304 g/mol. The van der Waals surface area contributed by atoms with Gasteiger partial charge in [-0.3, -0.25) is 4.79 Å². The standard InChI is InChI=1S/C19H20N2OS/c1-3-14-15(22)12-13-4-5-16(23-2)20-17(13)18(14)21-10-8-19(6-7-19)9-11-21/h1,4-5H,6-12H2,2H3. The third kappa shape index (κ3) is 2.48. The number of likely N-dealkylation sites (tertiary alicyclic amines) is 1. The lowest BCUT2D eigenvalue weighted by Gasteiger charge is -2.37. The minimum absolute atomic E-state index is 0.0559. The Morgan fingerprint density at radius 3 is 2.61 bits per heavy atom. The molecule has 1 aromatic rings. The predicted molar refractivity (Wildman–Crippen MR) is 93.0 cm³/mol. The van der Waals surface area contributed by atoms with Gasteiger partial charge in [0.2, 0.25) is 0 Å². The first-order valence-corrected chi connectivity index (χ1v) is 9.42. The van der Waals surface area contributed by atoms with Crippen LogP contribution < -0.4 is 0 Å². The number of terminal acetylenes is 1. The van der Waals surface area contributed by atoms with Crippen LogP contribution in [-0.2, 0) is 11.2 Å². The number of pyridine rings is 1. The van der Waals surface area contributed by atoms with E-state index in [1.807, 2.05) is 18.4 Å². The molecule has 2 fully saturated rings. The number of ketones is 1. The molecule has 3 aliphatic rings. The number of nitrogens with zero attached hydrogens (tertiary/aromatic N) is 2. The minimum Gasteiger partial charge on any atom is -0.369 e. The molecule has 3 nitrogen and oxygen atoms in total. The van der Waals surface area contributed by atoms with E-state index in [9.17, 15) is 4.79 Å². The maximum atomic E-state index is 12.5. The summed E-state index contributed by atoms with van der Waals surface area (Å²) < 4.78 is 0. The number of piperidine rings is 1. The highest BCUT2D eigenvalue weighted by molar-refractivity contribution is 7.98. The molecular formula is C19H20N2OS. The summed E-state index contributed by atoms with van der Waals surface area (Å²) in [6.07, 6.45) is 13.2. The van der Waals surface area contributed by atoms with E-state index < -0.39 is 0 Å². The molecule has 0 N–H and O–H groups in total. The minimum atomic E-state index is 0.0559. The summed E-state index contributed by atoms with van der Waals surface area (Å²) in [4.78, 5) is 19.6. The van der Waals surface area contributed by atoms with Crippen LogP contribution in [0.5, 0.6) is 0 Å². The molecule has 2 aliphatic carbocycles. The van der Waals surface area contributed by atoms with Gasteiger partial charge < -0.3 is 4.90 Å². The van der Waals surface area contributed by atoms with Gasteiger partial charge in [-0.05, 0) is 49.0 Å². The first-order valence-electron chi connectivity index (χ1n) is 8.19. The third-order valence-electron chi connectivity index (χ3n) is 5.50. The molecule has 0 bridgehead atoms. The summed E-state index contributed by atoms with van der Waals surface area (Å²) in [7, 11) is 0. The Hall–Kier alpha value is -1.73. The monoisotopic (exact) mass is 324 g/mol. The molecule has 1 spiro atoms. The average molecular weight is 324 g/mol. The molecule has 0 atom stereocenters. The number of hydrogen-bond donors (Lipinski definition) is 0. The smallest absolute Gasteiger partial charge is 0.177 e. The second-order valence-corrected chi connectivity index (χ2v) is 7.64. The van der Waals surface area contributed by atoms with E-state index in [1.54, 1.807) is 11.8 Å². The number of allylic oxidation sites excluding steroid dienone is 1. The Morgan fingerprint density at radius 1 is 1.26 bits per heavy atom. The van der Waals surface area contributed by atoms with Crippen molar-refractivity contribution in [2.75, 3.05) is 19.3 Å². The van der Waals surface area contributed by atoms with Gasteiger partial charge in [-0.15, -0.1) is 18.2 Å². The number of rotatable bonds is 2. The van der Waals surface area contributed by atoms with Gasteiger partial charge in [0.15, 0.2) is 5.78 Å². The molecule has 4 rings (SSSR count). The molecule has 2 heterocycles. The molecule has 1 saturated carbocycles. The second kappa shape index (κ2) is 5.42. The summed E-state index contributed by atoms with van der Waals surface area (Å²) in [6, 6.07) is 4.02. The number of hydrogen-bond acceptors (Lipinski definition) is 4. The van der Waals surface area contributed by atoms with Gasteiger partial charge in [-0.1, -0.05) is 12.0 Å². The van der Waals surface area contributed by atoms with Crippen LogP contribution in [0.25, 0.3) is 5.70 Å². The van der Waals surface area contributed by atoms with Crippen LogP contribution in [0.15, 0.2) is 22.7 Å². The zero-order valence-corrected chi connectivity index (χ0v) is 14.2. The maximum absolute atomic E-state index is 12.5. The van der Waals surface area contributed by atoms with E-state index >= 15 is 0 Å². The molecule has 0 radical (unpaired) electrons. The van der Waals surface area contributed by atoms with Crippen molar-refractivity contribution in [1.29, 1.82) is 0 Å². The second-order valence-electron chi connectivity index (χ2n) is 6.82. The average Bonchev–Trinajstić information content (AvgIpc) is 3.33. The Bertz CT molecular complexity index is 745. The number of thioether (sulfide) groups is 1. The largest absolute Gasteiger partial charge is 0.369 e. The summed E-state index contributed by atoms with van der Waals surface area (Å²) in [5.74, 6) is 2.71. The highest BCUT2D eigenvalue weighted by Gasteiger charge is 2.45. The van der Waals surface area contributed by atoms with E-state index in [0.717, 1.165) is 35.1 Å². The van der Waals surface area contributed by atoms with Crippen molar-refractivity contribution < 1.29 is 4.79 Å². The van der Waals surface area contributed by atoms with Crippen LogP contribution in [0, 0.1) is 17.8 Å². The molecule has 1 saturated heterocycles. The first kappa shape index (κ1) is 14.8. The zero-order valence-electron chi connectivity index (χ0n) is 13.4. The van der Waals surface area contributed by atoms with Crippen LogP contribution in [0.2, 0.25) is 0 Å². The molecule has 23 heavy (non-hydrogen) atoms. The number of carbonyl (C=O) groups is 1. The van der Waals surface area contributed by atoms with Crippen LogP contribution in [0.4, 0.5) is 0 Å². The lowest BCUT2D eigenvalue weighted by molar-refractivity contribution is -0.114. The van der Waals surface area contributed by atoms with Crippen molar-refractivity contribution in [3.8, 4) is 12.3 Å². The molecule has 0 amide bonds. The van der Waals surface area contributed by atoms with Crippen molar-refractivity contribution in [3.63, 3.8) is 0 Å². The van der Waals surface area contributed by atoms with E-state index in [0.29, 0.717) is 17.4 Å². The van der Waals surface area contributed by atoms with E-state index in [4.69, 9.17) is 11.4 Å². The van der Waals surface area contributed by atoms with Gasteiger partial charge in [0.1, 0.15) is 0 Å². The van der Waals surface area contributed by atoms with Crippen LogP contribution in [-0.4, -0.2) is 35.0 Å². The molecule has 0 aromatic carbocycles. The highest BCUT2D eigenvalue weighted by atomic mass is 32.2. The summed E-state index contributed by atoms with van der Waals surface area (Å²) in [6.45, 7) is 1.97. The van der Waals surface area contributed by atoms with Crippen molar-refractivity contribution in [3.05, 3.63) is 29.0 Å². The van der Waals surface area contributed by atoms with Crippen molar-refractivity contribution >= 4 is 23.2 Å². The van der Waals surface area contributed by atoms with Gasteiger partial charge >= 0.3 is 0 Å². The van der Waals surface area contributed by atoms with Crippen LogP contribution in [0.1, 0.15) is 36.9 Å². The van der Waals surface area contributed by atoms with E-state index in [2.05, 4.69) is 10.8 Å². The SMILES string of the molecule is C#CC1=C(N2CCC3(CC2)CC3)c2nc(SC)ccc2CC1=O. The van der Waals surface area contributed by atoms with Gasteiger partial charge in [0.25, 0.3) is 0 Å². The van der Waals surface area contributed by atoms with Gasteiger partial charge in [-0.25, -0.2) is 4.98 Å². The van der Waals surface area contributed by atoms with Crippen LogP contribution >= 0.6 is 11.8 Å². The Kier molecular flexibility index (Phi) is 3.50. The van der Waals surface area contributed by atoms with E-state index in [-0.39, 0.29) is 5.78 Å². The predicted octanol–water partition coefficient (Wildman–Crippen LogP) is 3.15. The topological polar surface area (TPSA) is 33.2 Å². The number of Topliss-reactive ketones (excluding diaryl/α,β-unsaturated/α-hetero) is 1. The summed E-state index contributed by atoms with van der Waals surface area (Å²) >= 11 is 1.62. The number of aromatic nitrogens is 1. The molecule has 0 unspecified atom stereocenters. The van der Waals surface area contributed by atoms with Crippen LogP contribution in [0.3, 0.4) is 0 Å². The third-order valence-corrected chi connectivity index (χ3v) is 6.14. The van der Waals surface area contributed by atoms with Crippen molar-refractivity contribution in [1.82, 2.24) is 9.88 Å². The number of carbonyl (C=O) groups excluding carboxylic acids is 1. The van der Waals surface area contributed by atoms with Crippen molar-refractivity contribution in [2.45, 2.75) is 37.1 Å². The quantitative estimate of drug-likeness (QED) is 0.618. The molecule has 1 aromatic heterocycles. The lowest BCUT2D eigenvalue weighted by Crippen LogP contribution is -2.36. The van der Waals surface area contributed by atoms with Gasteiger partial charge in [0, 0.05) is 19.5 Å². The van der Waals surface area contributed by atoms with E-state index in [1.165, 1.54) is 25.7 Å². The fourth-order valence-corrected chi connectivity index (χ4v) is 4.17. The fraction of sp³-hybridized carbons (Fsp3) is 0.474. The zero-order chi connectivity index (χ0) is 16.0. The normalized spacial score (nSPS) is 22.1. The highest BCUT2D eigenvalue weighted by Crippen LogP contribution is 2.54. The molecule has 4 heteroatoms. The maximum Gasteiger partial charge on any atom is 0.177 e. The fourth-order valence-electron chi connectivity index (χ4n) is 3.78. The Balaban J connectivity index is 1.77. The van der Waals surface area contributed by atoms with Gasteiger partial charge in [-0.2, -0.15) is 0 Å². The molecule has 1 aliphatic heterocycles.